The normalized spacial score (nSPS) is 11.6. The van der Waals surface area contributed by atoms with Crippen molar-refractivity contribution < 1.29 is 14.7 Å². The largest absolute Gasteiger partial charge is 0.481 e. The Labute approximate surface area is 112 Å². The van der Waals surface area contributed by atoms with Gasteiger partial charge in [0.05, 0.1) is 11.4 Å². The van der Waals surface area contributed by atoms with E-state index in [1.807, 2.05) is 6.92 Å². The molecule has 0 heterocycles. The van der Waals surface area contributed by atoms with Crippen LogP contribution in [-0.4, -0.2) is 23.7 Å². The minimum atomic E-state index is -0.826. The van der Waals surface area contributed by atoms with Gasteiger partial charge in [-0.2, -0.15) is 0 Å². The van der Waals surface area contributed by atoms with Crippen molar-refractivity contribution >= 4 is 23.4 Å². The van der Waals surface area contributed by atoms with Crippen LogP contribution in [0.3, 0.4) is 0 Å². The molecule has 1 unspecified atom stereocenters. The molecule has 2 amide bonds. The molecule has 0 saturated heterocycles. The zero-order valence-electron chi connectivity index (χ0n) is 10.8. The maximum atomic E-state index is 11.6. The molecule has 0 saturated carbocycles. The quantitative estimate of drug-likeness (QED) is 0.589. The van der Waals surface area contributed by atoms with Crippen LogP contribution in [0.15, 0.2) is 24.3 Å². The van der Waals surface area contributed by atoms with E-state index in [0.717, 1.165) is 0 Å². The number of carboxylic acid groups (broad SMARTS) is 1. The summed E-state index contributed by atoms with van der Waals surface area (Å²) in [5, 5.41) is 13.9. The van der Waals surface area contributed by atoms with Crippen LogP contribution in [0.25, 0.3) is 0 Å². The number of para-hydroxylation sites is 2. The van der Waals surface area contributed by atoms with Crippen LogP contribution in [0.2, 0.25) is 0 Å². The first-order valence-corrected chi connectivity index (χ1v) is 6.10. The number of carbonyl (C=O) groups excluding carboxylic acids is 1. The van der Waals surface area contributed by atoms with Crippen LogP contribution < -0.4 is 16.4 Å². The second kappa shape index (κ2) is 7.25. The van der Waals surface area contributed by atoms with Crippen LogP contribution in [0.5, 0.6) is 0 Å². The molecule has 1 rings (SSSR count). The topological polar surface area (TPSA) is 104 Å². The number of benzene rings is 1. The highest BCUT2D eigenvalue weighted by Crippen LogP contribution is 2.16. The summed E-state index contributed by atoms with van der Waals surface area (Å²) in [4.78, 5) is 22.0. The number of aliphatic carboxylic acids is 1. The Hall–Kier alpha value is -2.24. The van der Waals surface area contributed by atoms with E-state index in [4.69, 9.17) is 10.8 Å². The predicted octanol–water partition coefficient (Wildman–Crippen LogP) is 1.89. The maximum Gasteiger partial charge on any atom is 0.319 e. The van der Waals surface area contributed by atoms with Gasteiger partial charge in [0.1, 0.15) is 0 Å². The smallest absolute Gasteiger partial charge is 0.319 e. The van der Waals surface area contributed by atoms with Crippen molar-refractivity contribution in [1.29, 1.82) is 0 Å². The third-order valence-electron chi connectivity index (χ3n) is 2.67. The molecule has 1 atom stereocenters. The van der Waals surface area contributed by atoms with Crippen LogP contribution in [-0.2, 0) is 4.79 Å². The molecule has 19 heavy (non-hydrogen) atoms. The molecule has 0 bridgehead atoms. The number of carbonyl (C=O) groups is 2. The van der Waals surface area contributed by atoms with Gasteiger partial charge >= 0.3 is 12.0 Å². The molecule has 1 aromatic carbocycles. The Morgan fingerprint density at radius 2 is 2.05 bits per heavy atom. The Morgan fingerprint density at radius 3 is 2.68 bits per heavy atom. The monoisotopic (exact) mass is 265 g/mol. The first kappa shape index (κ1) is 14.8. The SMILES string of the molecule is CC(CCC(=O)O)CNC(=O)Nc1ccccc1N. The average molecular weight is 265 g/mol. The number of nitrogen functional groups attached to an aromatic ring is 1. The number of urea groups is 1. The molecular weight excluding hydrogens is 246 g/mol. The van der Waals surface area contributed by atoms with Gasteiger partial charge in [0.15, 0.2) is 0 Å². The van der Waals surface area contributed by atoms with Crippen molar-refractivity contribution in [1.82, 2.24) is 5.32 Å². The third kappa shape index (κ3) is 5.76. The molecule has 0 fully saturated rings. The van der Waals surface area contributed by atoms with Crippen LogP contribution >= 0.6 is 0 Å². The summed E-state index contributed by atoms with van der Waals surface area (Å²) in [5.74, 6) is -0.719. The van der Waals surface area contributed by atoms with Crippen LogP contribution in [0, 0.1) is 5.92 Å². The average Bonchev–Trinajstić information content (AvgIpc) is 2.36. The Morgan fingerprint density at radius 1 is 1.37 bits per heavy atom. The molecule has 0 spiro atoms. The molecule has 0 aliphatic carbocycles. The van der Waals surface area contributed by atoms with Gasteiger partial charge in [-0.3, -0.25) is 4.79 Å². The van der Waals surface area contributed by atoms with Gasteiger partial charge in [0.2, 0.25) is 0 Å². The highest BCUT2D eigenvalue weighted by atomic mass is 16.4. The van der Waals surface area contributed by atoms with Crippen molar-refractivity contribution in [2.24, 2.45) is 5.92 Å². The van der Waals surface area contributed by atoms with Crippen molar-refractivity contribution in [2.75, 3.05) is 17.6 Å². The van der Waals surface area contributed by atoms with Crippen molar-refractivity contribution in [2.45, 2.75) is 19.8 Å². The standard InChI is InChI=1S/C13H19N3O3/c1-9(6-7-12(17)18)8-15-13(19)16-11-5-3-2-4-10(11)14/h2-5,9H,6-8,14H2,1H3,(H,17,18)(H2,15,16,19). The lowest BCUT2D eigenvalue weighted by Crippen LogP contribution is -2.32. The van der Waals surface area contributed by atoms with Crippen molar-refractivity contribution in [3.63, 3.8) is 0 Å². The molecule has 1 aromatic rings. The van der Waals surface area contributed by atoms with Crippen LogP contribution in [0.1, 0.15) is 19.8 Å². The van der Waals surface area contributed by atoms with Gasteiger partial charge in [-0.15, -0.1) is 0 Å². The summed E-state index contributed by atoms with van der Waals surface area (Å²) in [7, 11) is 0. The first-order chi connectivity index (χ1) is 8.99. The summed E-state index contributed by atoms with van der Waals surface area (Å²) in [5.41, 5.74) is 6.75. The highest BCUT2D eigenvalue weighted by molar-refractivity contribution is 5.92. The minimum absolute atomic E-state index is 0.106. The van der Waals surface area contributed by atoms with E-state index < -0.39 is 5.97 Å². The van der Waals surface area contributed by atoms with Crippen LogP contribution in [0.4, 0.5) is 16.2 Å². The summed E-state index contributed by atoms with van der Waals surface area (Å²) in [6.45, 7) is 2.31. The number of anilines is 2. The summed E-state index contributed by atoms with van der Waals surface area (Å²) in [6, 6.07) is 6.63. The molecule has 104 valence electrons. The number of rotatable bonds is 6. The molecule has 6 heteroatoms. The number of nitrogens with one attached hydrogen (secondary N) is 2. The first-order valence-electron chi connectivity index (χ1n) is 6.10. The van der Waals surface area contributed by atoms with E-state index in [2.05, 4.69) is 10.6 Å². The van der Waals surface area contributed by atoms with Gasteiger partial charge in [-0.05, 0) is 24.5 Å². The Bertz CT molecular complexity index is 449. The molecular formula is C13H19N3O3. The van der Waals surface area contributed by atoms with Crippen molar-refractivity contribution in [3.8, 4) is 0 Å². The van der Waals surface area contributed by atoms with Gasteiger partial charge in [-0.25, -0.2) is 4.79 Å². The summed E-state index contributed by atoms with van der Waals surface area (Å²) >= 11 is 0. The second-order valence-electron chi connectivity index (χ2n) is 4.46. The molecule has 0 aliphatic heterocycles. The molecule has 5 N–H and O–H groups in total. The fourth-order valence-electron chi connectivity index (χ4n) is 1.52. The Balaban J connectivity index is 2.32. The van der Waals surface area contributed by atoms with E-state index in [1.165, 1.54) is 0 Å². The van der Waals surface area contributed by atoms with Gasteiger partial charge in [0, 0.05) is 13.0 Å². The number of amides is 2. The van der Waals surface area contributed by atoms with E-state index in [-0.39, 0.29) is 18.4 Å². The zero-order chi connectivity index (χ0) is 14.3. The van der Waals surface area contributed by atoms with E-state index in [0.29, 0.717) is 24.3 Å². The fourth-order valence-corrected chi connectivity index (χ4v) is 1.52. The zero-order valence-corrected chi connectivity index (χ0v) is 10.8. The number of carboxylic acids is 1. The predicted molar refractivity (Wildman–Crippen MR) is 73.9 cm³/mol. The maximum absolute atomic E-state index is 11.6. The van der Waals surface area contributed by atoms with Gasteiger partial charge in [-0.1, -0.05) is 19.1 Å². The van der Waals surface area contributed by atoms with Gasteiger partial charge < -0.3 is 21.5 Å². The lowest BCUT2D eigenvalue weighted by Gasteiger charge is -2.13. The molecule has 0 radical (unpaired) electrons. The molecule has 0 aliphatic rings. The Kier molecular flexibility index (Phi) is 5.66. The van der Waals surface area contributed by atoms with E-state index >= 15 is 0 Å². The number of hydrogen-bond acceptors (Lipinski definition) is 3. The van der Waals surface area contributed by atoms with Crippen molar-refractivity contribution in [3.05, 3.63) is 24.3 Å². The number of hydrogen-bond donors (Lipinski definition) is 4. The molecule has 0 aromatic heterocycles. The number of nitrogens with two attached hydrogens (primary N) is 1. The lowest BCUT2D eigenvalue weighted by molar-refractivity contribution is -0.137. The third-order valence-corrected chi connectivity index (χ3v) is 2.67. The van der Waals surface area contributed by atoms with E-state index in [9.17, 15) is 9.59 Å². The summed E-state index contributed by atoms with van der Waals surface area (Å²) in [6.07, 6.45) is 0.638. The lowest BCUT2D eigenvalue weighted by atomic mass is 10.1. The second-order valence-corrected chi connectivity index (χ2v) is 4.46. The minimum Gasteiger partial charge on any atom is -0.481 e. The van der Waals surface area contributed by atoms with E-state index in [1.54, 1.807) is 24.3 Å². The molecule has 6 nitrogen and oxygen atoms in total. The van der Waals surface area contributed by atoms with Gasteiger partial charge in [0.25, 0.3) is 0 Å². The highest BCUT2D eigenvalue weighted by Gasteiger charge is 2.08. The fraction of sp³-hybridized carbons (Fsp3) is 0.385. The summed E-state index contributed by atoms with van der Waals surface area (Å²) < 4.78 is 0.